The molecule has 1 unspecified atom stereocenters. The van der Waals surface area contributed by atoms with Gasteiger partial charge in [0.15, 0.2) is 10.7 Å². The first-order chi connectivity index (χ1) is 11.4. The minimum atomic E-state index is -1.48. The molecule has 24 heavy (non-hydrogen) atoms. The Kier molecular flexibility index (Phi) is 5.16. The normalized spacial score (nSPS) is 18.3. The van der Waals surface area contributed by atoms with Crippen LogP contribution in [0.4, 0.5) is 5.69 Å². The van der Waals surface area contributed by atoms with E-state index in [1.165, 1.54) is 4.90 Å². The Morgan fingerprint density at radius 3 is 2.42 bits per heavy atom. The molecule has 2 aromatic rings. The first-order valence-corrected chi connectivity index (χ1v) is 9.93. The summed E-state index contributed by atoms with van der Waals surface area (Å²) in [6.45, 7) is 2.13. The number of carbonyl (C=O) groups excluding carboxylic acids is 1. The summed E-state index contributed by atoms with van der Waals surface area (Å²) in [7, 11) is -0.0940. The fourth-order valence-electron chi connectivity index (χ4n) is 2.54. The molecule has 1 N–H and O–H groups in total. The van der Waals surface area contributed by atoms with Gasteiger partial charge in [0.05, 0.1) is 22.7 Å². The average molecular weight is 400 g/mol. The predicted molar refractivity (Wildman–Crippen MR) is 104 cm³/mol. The summed E-state index contributed by atoms with van der Waals surface area (Å²) in [4.78, 5) is 13.8. The third-order valence-electron chi connectivity index (χ3n) is 3.72. The standard InChI is InChI=1S/C18H14Cl3NOS/c1-2-24-16-6-4-3-5-14(16)22-17(24)11-15(23)12-7-9-13(10-8-12)18(19,20)21/h3-11H,2H2,1H3/p+1. The van der Waals surface area contributed by atoms with Gasteiger partial charge in [0.25, 0.3) is 0 Å². The van der Waals surface area contributed by atoms with Gasteiger partial charge in [0, 0.05) is 11.1 Å². The van der Waals surface area contributed by atoms with Crippen LogP contribution in [0.3, 0.4) is 0 Å². The average Bonchev–Trinajstić information content (AvgIpc) is 2.91. The van der Waals surface area contributed by atoms with Crippen molar-refractivity contribution in [3.63, 3.8) is 0 Å². The molecular weight excluding hydrogens is 385 g/mol. The van der Waals surface area contributed by atoms with E-state index in [9.17, 15) is 4.79 Å². The van der Waals surface area contributed by atoms with Crippen molar-refractivity contribution in [3.8, 4) is 0 Å². The number of nitrogens with one attached hydrogen (secondary N) is 1. The van der Waals surface area contributed by atoms with Crippen molar-refractivity contribution in [2.45, 2.75) is 15.6 Å². The molecule has 0 bridgehead atoms. The van der Waals surface area contributed by atoms with E-state index in [1.807, 2.05) is 18.2 Å². The summed E-state index contributed by atoms with van der Waals surface area (Å²) >= 11 is 17.5. The van der Waals surface area contributed by atoms with Crippen LogP contribution >= 0.6 is 34.8 Å². The number of ketones is 1. The van der Waals surface area contributed by atoms with Crippen LogP contribution in [0.25, 0.3) is 0 Å². The van der Waals surface area contributed by atoms with Crippen LogP contribution in [0.5, 0.6) is 0 Å². The minimum Gasteiger partial charge on any atom is -0.311 e. The summed E-state index contributed by atoms with van der Waals surface area (Å²) in [5.41, 5.74) is 2.18. The highest BCUT2D eigenvalue weighted by molar-refractivity contribution is 8.01. The Labute approximate surface area is 159 Å². The number of hydrogen-bond donors (Lipinski definition) is 1. The minimum absolute atomic E-state index is 0.0628. The Morgan fingerprint density at radius 2 is 1.79 bits per heavy atom. The molecule has 3 rings (SSSR count). The van der Waals surface area contributed by atoms with Gasteiger partial charge >= 0.3 is 0 Å². The van der Waals surface area contributed by atoms with E-state index >= 15 is 0 Å². The van der Waals surface area contributed by atoms with Crippen LogP contribution in [-0.4, -0.2) is 11.5 Å². The van der Waals surface area contributed by atoms with Gasteiger partial charge in [-0.05, 0) is 19.1 Å². The Morgan fingerprint density at radius 1 is 1.12 bits per heavy atom. The lowest BCUT2D eigenvalue weighted by atomic mass is 10.1. The highest BCUT2D eigenvalue weighted by Gasteiger charge is 2.36. The van der Waals surface area contributed by atoms with E-state index in [0.29, 0.717) is 11.1 Å². The van der Waals surface area contributed by atoms with Gasteiger partial charge in [-0.3, -0.25) is 4.79 Å². The zero-order valence-corrected chi connectivity index (χ0v) is 15.9. The second kappa shape index (κ2) is 7.01. The van der Waals surface area contributed by atoms with Crippen molar-refractivity contribution in [2.75, 3.05) is 11.1 Å². The van der Waals surface area contributed by atoms with Gasteiger partial charge in [0.2, 0.25) is 8.82 Å². The summed E-state index contributed by atoms with van der Waals surface area (Å²) in [6.07, 6.45) is 1.68. The molecule has 0 radical (unpaired) electrons. The largest absolute Gasteiger partial charge is 0.311 e. The molecule has 0 saturated carbocycles. The van der Waals surface area contributed by atoms with Crippen LogP contribution in [0.2, 0.25) is 0 Å². The molecule has 1 aliphatic heterocycles. The zero-order chi connectivity index (χ0) is 17.3. The maximum Gasteiger partial charge on any atom is 0.235 e. The van der Waals surface area contributed by atoms with Gasteiger partial charge < -0.3 is 5.32 Å². The number of rotatable bonds is 3. The quantitative estimate of drug-likeness (QED) is 0.312. The first kappa shape index (κ1) is 17.7. The van der Waals surface area contributed by atoms with Crippen LogP contribution < -0.4 is 5.32 Å². The van der Waals surface area contributed by atoms with Crippen molar-refractivity contribution in [2.24, 2.45) is 0 Å². The third kappa shape index (κ3) is 3.60. The molecule has 2 nitrogen and oxygen atoms in total. The molecule has 2 aromatic carbocycles. The lowest BCUT2D eigenvalue weighted by molar-refractivity contribution is 0.104. The highest BCUT2D eigenvalue weighted by Crippen LogP contribution is 2.38. The zero-order valence-electron chi connectivity index (χ0n) is 12.9. The molecule has 0 aliphatic carbocycles. The number of fused-ring (bicyclic) bond motifs is 1. The smallest absolute Gasteiger partial charge is 0.235 e. The van der Waals surface area contributed by atoms with E-state index in [4.69, 9.17) is 34.8 Å². The van der Waals surface area contributed by atoms with Gasteiger partial charge in [0.1, 0.15) is 5.75 Å². The maximum atomic E-state index is 12.6. The summed E-state index contributed by atoms with van der Waals surface area (Å²) in [5.74, 6) is 0.891. The summed E-state index contributed by atoms with van der Waals surface area (Å²) < 4.78 is -1.48. The van der Waals surface area contributed by atoms with E-state index in [2.05, 4.69) is 18.3 Å². The van der Waals surface area contributed by atoms with E-state index in [1.54, 1.807) is 30.3 Å². The SMILES string of the molecule is CC[S+]1C(=CC(=O)c2ccc(C(Cl)(Cl)Cl)cc2)Nc2ccccc21. The number of halogens is 3. The van der Waals surface area contributed by atoms with Crippen molar-refractivity contribution in [1.29, 1.82) is 0 Å². The molecule has 0 amide bonds. The number of benzene rings is 2. The second-order valence-corrected chi connectivity index (χ2v) is 9.77. The molecule has 1 heterocycles. The van der Waals surface area contributed by atoms with Crippen LogP contribution in [-0.2, 0) is 14.7 Å². The Hall–Kier alpha value is -1.13. The molecule has 0 fully saturated rings. The molecule has 1 aliphatic rings. The molecule has 6 heteroatoms. The van der Waals surface area contributed by atoms with Crippen molar-refractivity contribution < 1.29 is 4.79 Å². The fraction of sp³-hybridized carbons (Fsp3) is 0.167. The van der Waals surface area contributed by atoms with Gasteiger partial charge in [-0.25, -0.2) is 0 Å². The van der Waals surface area contributed by atoms with Crippen LogP contribution in [0.15, 0.2) is 64.5 Å². The Balaban J connectivity index is 1.85. The van der Waals surface area contributed by atoms with E-state index in [0.717, 1.165) is 16.5 Å². The molecule has 0 saturated heterocycles. The third-order valence-corrected chi connectivity index (χ3v) is 6.59. The number of carbonyl (C=O) groups is 1. The monoisotopic (exact) mass is 398 g/mol. The topological polar surface area (TPSA) is 29.1 Å². The molecule has 0 aromatic heterocycles. The van der Waals surface area contributed by atoms with Crippen molar-refractivity contribution in [1.82, 2.24) is 0 Å². The number of allylic oxidation sites excluding steroid dienone is 1. The lowest BCUT2D eigenvalue weighted by Crippen LogP contribution is -2.09. The number of hydrogen-bond acceptors (Lipinski definition) is 2. The Bertz CT molecular complexity index is 797. The van der Waals surface area contributed by atoms with Gasteiger partial charge in [-0.2, -0.15) is 0 Å². The molecule has 1 atom stereocenters. The summed E-state index contributed by atoms with van der Waals surface area (Å²) in [5, 5.41) is 4.31. The van der Waals surface area contributed by atoms with E-state index in [-0.39, 0.29) is 16.7 Å². The number of alkyl halides is 3. The van der Waals surface area contributed by atoms with Crippen LogP contribution in [0, 0.1) is 0 Å². The predicted octanol–water partition coefficient (Wildman–Crippen LogP) is 5.66. The number of para-hydroxylation sites is 1. The second-order valence-electron chi connectivity index (χ2n) is 5.25. The first-order valence-electron chi connectivity index (χ1n) is 7.40. The van der Waals surface area contributed by atoms with Crippen molar-refractivity contribution in [3.05, 3.63) is 70.8 Å². The van der Waals surface area contributed by atoms with Gasteiger partial charge in [-0.1, -0.05) is 71.2 Å². The highest BCUT2D eigenvalue weighted by atomic mass is 35.6. The molecule has 124 valence electrons. The van der Waals surface area contributed by atoms with Gasteiger partial charge in [-0.15, -0.1) is 0 Å². The lowest BCUT2D eigenvalue weighted by Gasteiger charge is -2.10. The van der Waals surface area contributed by atoms with E-state index < -0.39 is 3.79 Å². The fourth-order valence-corrected chi connectivity index (χ4v) is 4.89. The molecule has 0 spiro atoms. The maximum absolute atomic E-state index is 12.6. The van der Waals surface area contributed by atoms with Crippen LogP contribution in [0.1, 0.15) is 22.8 Å². The molecular formula is C18H15Cl3NOS+. The van der Waals surface area contributed by atoms with Crippen molar-refractivity contribution >= 4 is 57.2 Å². The summed E-state index contributed by atoms with van der Waals surface area (Å²) in [6, 6.07) is 14.8. The number of anilines is 1.